The van der Waals surface area contributed by atoms with Gasteiger partial charge < -0.3 is 10.1 Å². The maximum atomic E-state index is 11.2. The van der Waals surface area contributed by atoms with E-state index in [-0.39, 0.29) is 11.4 Å². The minimum atomic E-state index is -0.434. The van der Waals surface area contributed by atoms with Gasteiger partial charge in [0.05, 0.1) is 23.0 Å². The minimum Gasteiger partial charge on any atom is -0.448 e. The quantitative estimate of drug-likeness (QED) is 0.668. The number of nitro benzene ring substituents is 1. The highest BCUT2D eigenvalue weighted by molar-refractivity contribution is 5.56. The van der Waals surface area contributed by atoms with Crippen LogP contribution in [0.4, 0.5) is 11.4 Å². The smallest absolute Gasteiger partial charge is 0.312 e. The van der Waals surface area contributed by atoms with E-state index in [1.165, 1.54) is 12.3 Å². The van der Waals surface area contributed by atoms with Gasteiger partial charge in [0.25, 0.3) is 0 Å². The Bertz CT molecular complexity index is 671. The summed E-state index contributed by atoms with van der Waals surface area (Å²) < 4.78 is 5.70. The summed E-state index contributed by atoms with van der Waals surface area (Å²) in [5.74, 6) is 0.713. The number of aryl methyl sites for hydroxylation is 2. The Morgan fingerprint density at radius 2 is 2.05 bits per heavy atom. The Balaban J connectivity index is 2.39. The fourth-order valence-electron chi connectivity index (χ4n) is 2.09. The topological polar surface area (TPSA) is 77.3 Å². The lowest BCUT2D eigenvalue weighted by Crippen LogP contribution is -1.99. The molecule has 6 heteroatoms. The van der Waals surface area contributed by atoms with E-state index >= 15 is 0 Å². The number of ether oxygens (including phenoxy) is 1. The predicted octanol–water partition coefficient (Wildman–Crippen LogP) is 3.83. The zero-order chi connectivity index (χ0) is 15.4. The molecule has 0 aliphatic heterocycles. The fourth-order valence-corrected chi connectivity index (χ4v) is 2.09. The maximum absolute atomic E-state index is 11.2. The van der Waals surface area contributed by atoms with Gasteiger partial charge in [-0.25, -0.2) is 0 Å². The fraction of sp³-hybridized carbons (Fsp3) is 0.267. The van der Waals surface area contributed by atoms with E-state index in [1.54, 1.807) is 19.2 Å². The van der Waals surface area contributed by atoms with Crippen LogP contribution in [0.15, 0.2) is 30.6 Å². The van der Waals surface area contributed by atoms with Crippen molar-refractivity contribution < 1.29 is 9.66 Å². The van der Waals surface area contributed by atoms with Gasteiger partial charge >= 0.3 is 5.69 Å². The van der Waals surface area contributed by atoms with Gasteiger partial charge in [0.15, 0.2) is 0 Å². The van der Waals surface area contributed by atoms with E-state index in [0.29, 0.717) is 5.75 Å². The number of hydrogen-bond donors (Lipinski definition) is 1. The number of rotatable bonds is 5. The van der Waals surface area contributed by atoms with Crippen LogP contribution in [0.25, 0.3) is 0 Å². The molecule has 0 bridgehead atoms. The number of nitro groups is 1. The van der Waals surface area contributed by atoms with E-state index in [4.69, 9.17) is 4.74 Å². The molecule has 2 rings (SSSR count). The minimum absolute atomic E-state index is 0.0404. The molecule has 110 valence electrons. The molecule has 0 unspecified atom stereocenters. The van der Waals surface area contributed by atoms with Crippen molar-refractivity contribution in [1.82, 2.24) is 4.98 Å². The highest BCUT2D eigenvalue weighted by Crippen LogP contribution is 2.35. The second kappa shape index (κ2) is 6.21. The zero-order valence-corrected chi connectivity index (χ0v) is 12.2. The van der Waals surface area contributed by atoms with E-state index in [9.17, 15) is 10.1 Å². The third-order valence-electron chi connectivity index (χ3n) is 2.91. The van der Waals surface area contributed by atoms with Crippen molar-refractivity contribution in [1.29, 1.82) is 0 Å². The van der Waals surface area contributed by atoms with Crippen LogP contribution in [0.1, 0.15) is 18.1 Å². The molecule has 6 nitrogen and oxygen atoms in total. The van der Waals surface area contributed by atoms with Crippen LogP contribution in [-0.4, -0.2) is 16.5 Å². The number of hydrogen-bond acceptors (Lipinski definition) is 5. The van der Waals surface area contributed by atoms with Gasteiger partial charge in [-0.05, 0) is 31.9 Å². The van der Waals surface area contributed by atoms with Crippen LogP contribution in [-0.2, 0) is 0 Å². The number of anilines is 1. The Morgan fingerprint density at radius 3 is 2.71 bits per heavy atom. The third kappa shape index (κ3) is 3.47. The summed E-state index contributed by atoms with van der Waals surface area (Å²) in [5.41, 5.74) is 2.31. The van der Waals surface area contributed by atoms with Gasteiger partial charge in [0.2, 0.25) is 5.75 Å². The van der Waals surface area contributed by atoms with E-state index in [0.717, 1.165) is 23.4 Å². The van der Waals surface area contributed by atoms with Crippen molar-refractivity contribution in [3.8, 4) is 11.5 Å². The van der Waals surface area contributed by atoms with Gasteiger partial charge in [0, 0.05) is 18.7 Å². The zero-order valence-electron chi connectivity index (χ0n) is 12.2. The summed E-state index contributed by atoms with van der Waals surface area (Å²) >= 11 is 0. The molecule has 0 atom stereocenters. The SMILES string of the molecule is CCNc1cncc(Oc2c(C)cc(C)cc2[N+](=O)[O-])c1. The van der Waals surface area contributed by atoms with Crippen molar-refractivity contribution in [2.24, 2.45) is 0 Å². The first kappa shape index (κ1) is 14.8. The first-order valence-electron chi connectivity index (χ1n) is 6.63. The molecule has 0 fully saturated rings. The summed E-state index contributed by atoms with van der Waals surface area (Å²) in [6, 6.07) is 5.12. The molecule has 1 N–H and O–H groups in total. The van der Waals surface area contributed by atoms with Crippen LogP contribution in [0.5, 0.6) is 11.5 Å². The Labute approximate surface area is 122 Å². The predicted molar refractivity (Wildman–Crippen MR) is 81.0 cm³/mol. The molecule has 0 radical (unpaired) electrons. The van der Waals surface area contributed by atoms with E-state index in [1.807, 2.05) is 19.9 Å². The van der Waals surface area contributed by atoms with E-state index in [2.05, 4.69) is 10.3 Å². The summed E-state index contributed by atoms with van der Waals surface area (Å²) in [5, 5.41) is 14.3. The molecule has 1 heterocycles. The van der Waals surface area contributed by atoms with Crippen LogP contribution < -0.4 is 10.1 Å². The van der Waals surface area contributed by atoms with E-state index < -0.39 is 4.92 Å². The lowest BCUT2D eigenvalue weighted by molar-refractivity contribution is -0.385. The van der Waals surface area contributed by atoms with Gasteiger partial charge in [0.1, 0.15) is 5.75 Å². The van der Waals surface area contributed by atoms with Crippen molar-refractivity contribution in [3.05, 3.63) is 51.8 Å². The van der Waals surface area contributed by atoms with Crippen molar-refractivity contribution >= 4 is 11.4 Å². The van der Waals surface area contributed by atoms with Crippen LogP contribution >= 0.6 is 0 Å². The highest BCUT2D eigenvalue weighted by atomic mass is 16.6. The largest absolute Gasteiger partial charge is 0.448 e. The molecule has 0 amide bonds. The summed E-state index contributed by atoms with van der Waals surface area (Å²) in [4.78, 5) is 14.8. The normalized spacial score (nSPS) is 10.2. The molecule has 0 saturated heterocycles. The summed E-state index contributed by atoms with van der Waals surface area (Å²) in [6.07, 6.45) is 3.20. The molecule has 0 aliphatic rings. The van der Waals surface area contributed by atoms with Gasteiger partial charge in [-0.1, -0.05) is 6.07 Å². The standard InChI is InChI=1S/C15H17N3O3/c1-4-17-12-7-13(9-16-8-12)21-15-11(3)5-10(2)6-14(15)18(19)20/h5-9,17H,4H2,1-3H3. The van der Waals surface area contributed by atoms with Crippen LogP contribution in [0.2, 0.25) is 0 Å². The number of pyridine rings is 1. The Hall–Kier alpha value is -2.63. The number of aromatic nitrogens is 1. The van der Waals surface area contributed by atoms with Crippen LogP contribution in [0.3, 0.4) is 0 Å². The number of benzene rings is 1. The maximum Gasteiger partial charge on any atom is 0.312 e. The molecule has 0 spiro atoms. The highest BCUT2D eigenvalue weighted by Gasteiger charge is 2.19. The molecular weight excluding hydrogens is 270 g/mol. The molecule has 1 aromatic heterocycles. The number of nitrogens with zero attached hydrogens (tertiary/aromatic N) is 2. The van der Waals surface area contributed by atoms with Gasteiger partial charge in [-0.15, -0.1) is 0 Å². The molecule has 2 aromatic rings. The van der Waals surface area contributed by atoms with Gasteiger partial charge in [-0.3, -0.25) is 15.1 Å². The number of nitrogens with one attached hydrogen (secondary N) is 1. The second-order valence-corrected chi connectivity index (χ2v) is 4.73. The Morgan fingerprint density at radius 1 is 1.29 bits per heavy atom. The molecule has 1 aromatic carbocycles. The first-order valence-corrected chi connectivity index (χ1v) is 6.63. The summed E-state index contributed by atoms with van der Waals surface area (Å²) in [7, 11) is 0. The lowest BCUT2D eigenvalue weighted by atomic mass is 10.1. The van der Waals surface area contributed by atoms with Crippen molar-refractivity contribution in [2.75, 3.05) is 11.9 Å². The first-order chi connectivity index (χ1) is 10.0. The van der Waals surface area contributed by atoms with Gasteiger partial charge in [-0.2, -0.15) is 0 Å². The second-order valence-electron chi connectivity index (χ2n) is 4.73. The Kier molecular flexibility index (Phi) is 4.37. The average Bonchev–Trinajstić information content (AvgIpc) is 2.42. The van der Waals surface area contributed by atoms with Crippen LogP contribution in [0, 0.1) is 24.0 Å². The third-order valence-corrected chi connectivity index (χ3v) is 2.91. The molecule has 0 aliphatic carbocycles. The van der Waals surface area contributed by atoms with Crippen molar-refractivity contribution in [2.45, 2.75) is 20.8 Å². The average molecular weight is 287 g/mol. The summed E-state index contributed by atoms with van der Waals surface area (Å²) in [6.45, 7) is 6.34. The molecular formula is C15H17N3O3. The monoisotopic (exact) mass is 287 g/mol. The molecule has 0 saturated carbocycles. The molecule has 21 heavy (non-hydrogen) atoms. The van der Waals surface area contributed by atoms with Crippen molar-refractivity contribution in [3.63, 3.8) is 0 Å². The lowest BCUT2D eigenvalue weighted by Gasteiger charge is -2.11.